The minimum absolute atomic E-state index is 0.389. The fourth-order valence-corrected chi connectivity index (χ4v) is 4.02. The Kier molecular flexibility index (Phi) is 3.88. The second-order valence-corrected chi connectivity index (χ2v) is 7.06. The third-order valence-electron chi connectivity index (χ3n) is 5.35. The van der Waals surface area contributed by atoms with Crippen molar-refractivity contribution in [2.75, 3.05) is 29.9 Å². The lowest BCUT2D eigenvalue weighted by molar-refractivity contribution is -0.0374. The van der Waals surface area contributed by atoms with Crippen molar-refractivity contribution in [1.82, 2.24) is 5.06 Å². The average Bonchev–Trinajstić information content (AvgIpc) is 3.22. The maximum Gasteiger partial charge on any atom is 0.276 e. The first-order chi connectivity index (χ1) is 12.0. The Morgan fingerprint density at radius 3 is 1.88 bits per heavy atom. The number of hydrogen-bond donors (Lipinski definition) is 1. The van der Waals surface area contributed by atoms with Crippen molar-refractivity contribution in [3.8, 4) is 0 Å². The Morgan fingerprint density at radius 2 is 1.44 bits per heavy atom. The summed E-state index contributed by atoms with van der Waals surface area (Å²) < 4.78 is 0. The Morgan fingerprint density at radius 1 is 0.960 bits per heavy atom. The van der Waals surface area contributed by atoms with Crippen LogP contribution in [0.1, 0.15) is 22.3 Å². The lowest BCUT2D eigenvalue weighted by Crippen LogP contribution is -2.46. The molecule has 1 amide bonds. The van der Waals surface area contributed by atoms with Crippen LogP contribution in [0.4, 0.5) is 11.4 Å². The van der Waals surface area contributed by atoms with Gasteiger partial charge in [-0.3, -0.25) is 10.0 Å². The van der Waals surface area contributed by atoms with Crippen LogP contribution >= 0.6 is 0 Å². The first-order valence-corrected chi connectivity index (χ1v) is 8.70. The van der Waals surface area contributed by atoms with Crippen molar-refractivity contribution in [3.05, 3.63) is 59.7 Å². The smallest absolute Gasteiger partial charge is 0.276 e. The van der Waals surface area contributed by atoms with Crippen LogP contribution in [0.25, 0.3) is 0 Å². The molecule has 25 heavy (non-hydrogen) atoms. The van der Waals surface area contributed by atoms with E-state index in [9.17, 15) is 10.0 Å². The highest BCUT2D eigenvalue weighted by molar-refractivity contribution is 5.93. The zero-order valence-corrected chi connectivity index (χ0v) is 14.6. The molecule has 2 aliphatic heterocycles. The fourth-order valence-electron chi connectivity index (χ4n) is 4.02. The van der Waals surface area contributed by atoms with Gasteiger partial charge >= 0.3 is 0 Å². The van der Waals surface area contributed by atoms with Gasteiger partial charge in [0.1, 0.15) is 0 Å². The third-order valence-corrected chi connectivity index (χ3v) is 5.35. The molecule has 2 bridgehead atoms. The molecule has 2 atom stereocenters. The summed E-state index contributed by atoms with van der Waals surface area (Å²) in [5, 5.41) is 9.88. The lowest BCUT2D eigenvalue weighted by atomic mass is 10.1. The maximum absolute atomic E-state index is 11.8. The molecule has 5 nitrogen and oxygen atoms in total. The normalized spacial score (nSPS) is 21.7. The first kappa shape index (κ1) is 16.0. The molecule has 5 heteroatoms. The molecule has 0 aromatic heterocycles. The van der Waals surface area contributed by atoms with E-state index in [1.165, 1.54) is 24.7 Å². The Balaban J connectivity index is 1.47. The molecule has 1 N–H and O–H groups in total. The molecule has 2 aromatic carbocycles. The Bertz CT molecular complexity index is 771. The fraction of sp³-hybridized carbons (Fsp3) is 0.350. The molecule has 4 rings (SSSR count). The molecular formula is C20H23N3O2. The van der Waals surface area contributed by atoms with Gasteiger partial charge in [-0.05, 0) is 49.7 Å². The van der Waals surface area contributed by atoms with Gasteiger partial charge in [-0.2, -0.15) is 0 Å². The maximum atomic E-state index is 11.8. The number of hydrogen-bond acceptors (Lipinski definition) is 4. The summed E-state index contributed by atoms with van der Waals surface area (Å²) in [5.41, 5.74) is 4.25. The summed E-state index contributed by atoms with van der Waals surface area (Å²) in [6, 6.07) is 17.4. The van der Waals surface area contributed by atoms with Crippen LogP contribution in [0.3, 0.4) is 0 Å². The SMILES string of the molecule is Cc1ccc(N2C[C@H]3C[C@H]2CN3c2ccc(C(=O)N(C)O)cc2)cc1. The van der Waals surface area contributed by atoms with Gasteiger partial charge in [0.25, 0.3) is 5.91 Å². The van der Waals surface area contributed by atoms with E-state index >= 15 is 0 Å². The number of carbonyl (C=O) groups is 1. The van der Waals surface area contributed by atoms with Gasteiger partial charge in [-0.25, -0.2) is 5.06 Å². The van der Waals surface area contributed by atoms with Crippen LogP contribution in [0, 0.1) is 6.92 Å². The number of nitrogens with zero attached hydrogens (tertiary/aromatic N) is 3. The number of benzene rings is 2. The summed E-state index contributed by atoms with van der Waals surface area (Å²) in [5.74, 6) is -0.389. The van der Waals surface area contributed by atoms with Gasteiger partial charge in [0, 0.05) is 49.2 Å². The summed E-state index contributed by atoms with van der Waals surface area (Å²) in [6.45, 7) is 4.16. The number of aryl methyl sites for hydroxylation is 1. The summed E-state index contributed by atoms with van der Waals surface area (Å²) in [6.07, 6.45) is 1.17. The Labute approximate surface area is 148 Å². The second kappa shape index (κ2) is 6.08. The van der Waals surface area contributed by atoms with E-state index < -0.39 is 0 Å². The monoisotopic (exact) mass is 337 g/mol. The zero-order valence-electron chi connectivity index (χ0n) is 14.6. The number of hydroxylamine groups is 2. The predicted molar refractivity (Wildman–Crippen MR) is 98.4 cm³/mol. The van der Waals surface area contributed by atoms with Gasteiger partial charge in [0.15, 0.2) is 0 Å². The largest absolute Gasteiger partial charge is 0.365 e. The van der Waals surface area contributed by atoms with E-state index in [-0.39, 0.29) is 5.91 Å². The van der Waals surface area contributed by atoms with E-state index in [1.807, 2.05) is 12.1 Å². The van der Waals surface area contributed by atoms with Crippen molar-refractivity contribution < 1.29 is 10.0 Å². The molecule has 0 aliphatic carbocycles. The lowest BCUT2D eigenvalue weighted by Gasteiger charge is -2.37. The number of amides is 1. The number of anilines is 2. The summed E-state index contributed by atoms with van der Waals surface area (Å²) >= 11 is 0. The second-order valence-electron chi connectivity index (χ2n) is 7.06. The minimum atomic E-state index is -0.389. The van der Waals surface area contributed by atoms with E-state index in [4.69, 9.17) is 0 Å². The van der Waals surface area contributed by atoms with Crippen LogP contribution in [-0.2, 0) is 0 Å². The highest BCUT2D eigenvalue weighted by atomic mass is 16.5. The van der Waals surface area contributed by atoms with Crippen molar-refractivity contribution in [3.63, 3.8) is 0 Å². The van der Waals surface area contributed by atoms with Gasteiger partial charge in [0.2, 0.25) is 0 Å². The van der Waals surface area contributed by atoms with Crippen molar-refractivity contribution in [2.24, 2.45) is 0 Å². The first-order valence-electron chi connectivity index (χ1n) is 8.70. The van der Waals surface area contributed by atoms with Gasteiger partial charge in [-0.1, -0.05) is 17.7 Å². The van der Waals surface area contributed by atoms with Crippen LogP contribution in [0.2, 0.25) is 0 Å². The van der Waals surface area contributed by atoms with E-state index in [1.54, 1.807) is 12.1 Å². The van der Waals surface area contributed by atoms with Crippen molar-refractivity contribution in [2.45, 2.75) is 25.4 Å². The van der Waals surface area contributed by atoms with Crippen molar-refractivity contribution in [1.29, 1.82) is 0 Å². The molecule has 0 unspecified atom stereocenters. The van der Waals surface area contributed by atoms with Crippen LogP contribution in [-0.4, -0.2) is 48.4 Å². The molecule has 2 fully saturated rings. The molecular weight excluding hydrogens is 314 g/mol. The van der Waals surface area contributed by atoms with E-state index in [0.29, 0.717) is 22.7 Å². The zero-order chi connectivity index (χ0) is 17.6. The minimum Gasteiger partial charge on any atom is -0.365 e. The molecule has 0 saturated carbocycles. The molecule has 2 aromatic rings. The predicted octanol–water partition coefficient (Wildman–Crippen LogP) is 2.92. The molecule has 130 valence electrons. The van der Waals surface area contributed by atoms with Gasteiger partial charge in [0.05, 0.1) is 0 Å². The van der Waals surface area contributed by atoms with Crippen molar-refractivity contribution >= 4 is 17.3 Å². The molecule has 2 aliphatic rings. The van der Waals surface area contributed by atoms with Crippen LogP contribution in [0.5, 0.6) is 0 Å². The topological polar surface area (TPSA) is 47.0 Å². The van der Waals surface area contributed by atoms with Crippen LogP contribution in [0.15, 0.2) is 48.5 Å². The summed E-state index contributed by atoms with van der Waals surface area (Å²) in [7, 11) is 1.34. The number of carbonyl (C=O) groups excluding carboxylic acids is 1. The van der Waals surface area contributed by atoms with E-state index in [2.05, 4.69) is 41.0 Å². The molecule has 0 radical (unpaired) electrons. The van der Waals surface area contributed by atoms with Gasteiger partial charge < -0.3 is 9.80 Å². The highest BCUT2D eigenvalue weighted by Gasteiger charge is 2.43. The Hall–Kier alpha value is -2.53. The quantitative estimate of drug-likeness (QED) is 0.691. The standard InChI is InChI=1S/C20H23N3O2/c1-14-3-7-16(8-4-14)22-12-19-11-18(22)13-23(19)17-9-5-15(6-10-17)20(24)21(2)25/h3-10,18-19,25H,11-13H2,1-2H3/t18-,19+/m0/s1. The van der Waals surface area contributed by atoms with E-state index in [0.717, 1.165) is 18.8 Å². The average molecular weight is 337 g/mol. The number of piperazine rings is 1. The molecule has 2 heterocycles. The highest BCUT2D eigenvalue weighted by Crippen LogP contribution is 2.37. The summed E-state index contributed by atoms with van der Waals surface area (Å²) in [4.78, 5) is 16.7. The third kappa shape index (κ3) is 2.85. The number of rotatable bonds is 3. The van der Waals surface area contributed by atoms with Gasteiger partial charge in [-0.15, -0.1) is 0 Å². The molecule has 0 spiro atoms. The molecule has 2 saturated heterocycles. The number of fused-ring (bicyclic) bond motifs is 2. The van der Waals surface area contributed by atoms with Crippen LogP contribution < -0.4 is 9.80 Å².